The fourth-order valence-corrected chi connectivity index (χ4v) is 6.83. The van der Waals surface area contributed by atoms with Gasteiger partial charge in [-0.25, -0.2) is 0 Å². The molecule has 5 heteroatoms. The van der Waals surface area contributed by atoms with E-state index in [1.54, 1.807) is 0 Å². The molecule has 1 radical (unpaired) electrons. The summed E-state index contributed by atoms with van der Waals surface area (Å²) in [6.45, 7) is 7.39. The number of aliphatic hydroxyl groups excluding tert-OH is 1. The van der Waals surface area contributed by atoms with E-state index in [2.05, 4.69) is 98.3 Å². The maximum atomic E-state index is 10.0. The Labute approximate surface area is 279 Å². The Kier molecular flexibility index (Phi) is 9.82. The molecule has 1 aliphatic carbocycles. The SMILES string of the molecule is CC(=O)/C=C(/C)O.[CH2-][n+]1c(-c2[c-]c(CC(C)C)cc3c2oc2ccccc23)cc(C2CCCC2)c2c3ccccc3ccc21.[Ir]. The molecule has 233 valence electrons. The number of pyridine rings is 1. The Bertz CT molecular complexity index is 2040. The van der Waals surface area contributed by atoms with Gasteiger partial charge in [-0.05, 0) is 85.0 Å². The predicted molar refractivity (Wildman–Crippen MR) is 181 cm³/mol. The summed E-state index contributed by atoms with van der Waals surface area (Å²) < 4.78 is 8.65. The number of nitrogens with zero attached hydrogens (tertiary/aromatic N) is 1. The zero-order valence-electron chi connectivity index (χ0n) is 26.4. The van der Waals surface area contributed by atoms with Crippen molar-refractivity contribution in [3.05, 3.63) is 109 Å². The zero-order chi connectivity index (χ0) is 31.0. The maximum absolute atomic E-state index is 10.0. The van der Waals surface area contributed by atoms with Gasteiger partial charge in [0.1, 0.15) is 16.8 Å². The first-order valence-corrected chi connectivity index (χ1v) is 15.7. The van der Waals surface area contributed by atoms with Crippen molar-refractivity contribution in [1.82, 2.24) is 0 Å². The number of furan rings is 1. The van der Waals surface area contributed by atoms with E-state index in [9.17, 15) is 4.79 Å². The standard InChI is InChI=1S/C35H32NO.C5H8O2.Ir/c1-22(2)18-23-19-29-27-14-8-9-15-33(27)37-35(29)30(20-23)32-21-28(24-10-4-5-11-24)34-26-13-7-6-12-25(26)16-17-31(34)36(32)3;1-4(6)3-5(2)7;/h6-9,12-17,19,21-22,24H,3-5,10-11,18H2,1-2H3;3,6H,1-2H3;/q-1;;/b;4-3-;. The molecule has 4 aromatic carbocycles. The van der Waals surface area contributed by atoms with Crippen LogP contribution in [0.25, 0.3) is 54.9 Å². The number of hydrogen-bond donors (Lipinski definition) is 1. The number of carbonyl (C=O) groups excluding carboxylic acids is 1. The van der Waals surface area contributed by atoms with Crippen LogP contribution in [0, 0.1) is 19.0 Å². The van der Waals surface area contributed by atoms with E-state index in [1.165, 1.54) is 83.8 Å². The van der Waals surface area contributed by atoms with Crippen LogP contribution < -0.4 is 4.57 Å². The van der Waals surface area contributed by atoms with Crippen LogP contribution in [0.15, 0.2) is 89.0 Å². The Balaban J connectivity index is 0.000000452. The molecule has 0 aliphatic heterocycles. The van der Waals surface area contributed by atoms with E-state index in [1.807, 2.05) is 6.07 Å². The molecule has 1 N–H and O–H groups in total. The van der Waals surface area contributed by atoms with Gasteiger partial charge < -0.3 is 14.1 Å². The van der Waals surface area contributed by atoms with Crippen molar-refractivity contribution in [2.45, 2.75) is 65.7 Å². The first-order chi connectivity index (χ1) is 21.2. The van der Waals surface area contributed by atoms with Gasteiger partial charge in [-0.15, -0.1) is 17.7 Å². The second-order valence-electron chi connectivity index (χ2n) is 12.6. The molecule has 0 spiro atoms. The molecule has 4 nitrogen and oxygen atoms in total. The molecule has 0 atom stereocenters. The Morgan fingerprint density at radius 1 is 1.00 bits per heavy atom. The van der Waals surface area contributed by atoms with Crippen molar-refractivity contribution in [3.63, 3.8) is 0 Å². The number of carbonyl (C=O) groups is 1. The van der Waals surface area contributed by atoms with E-state index in [0.29, 0.717) is 11.8 Å². The molecular formula is C40H40IrNO3-. The van der Waals surface area contributed by atoms with Crippen LogP contribution in [-0.2, 0) is 31.3 Å². The number of fused-ring (bicyclic) bond motifs is 6. The maximum Gasteiger partial charge on any atom is 0.155 e. The quantitative estimate of drug-likeness (QED) is 0.0624. The van der Waals surface area contributed by atoms with Crippen molar-refractivity contribution in [3.8, 4) is 11.3 Å². The van der Waals surface area contributed by atoms with Crippen LogP contribution in [0.3, 0.4) is 0 Å². The molecule has 1 aliphatic rings. The fourth-order valence-electron chi connectivity index (χ4n) is 6.83. The number of ketones is 1. The average Bonchev–Trinajstić information content (AvgIpc) is 3.65. The van der Waals surface area contributed by atoms with E-state index in [0.717, 1.165) is 34.2 Å². The van der Waals surface area contributed by atoms with Gasteiger partial charge in [-0.3, -0.25) is 4.79 Å². The molecule has 1 saturated carbocycles. The van der Waals surface area contributed by atoms with Crippen molar-refractivity contribution in [2.24, 2.45) is 5.92 Å². The van der Waals surface area contributed by atoms with Crippen LogP contribution >= 0.6 is 0 Å². The summed E-state index contributed by atoms with van der Waals surface area (Å²) in [5.74, 6) is 1.05. The summed E-state index contributed by atoms with van der Waals surface area (Å²) in [5, 5.41) is 14.6. The topological polar surface area (TPSA) is 54.3 Å². The predicted octanol–water partition coefficient (Wildman–Crippen LogP) is 10.2. The second-order valence-corrected chi connectivity index (χ2v) is 12.6. The molecule has 2 aromatic heterocycles. The normalized spacial score (nSPS) is 13.8. The van der Waals surface area contributed by atoms with Crippen LogP contribution in [0.5, 0.6) is 0 Å². The second kappa shape index (κ2) is 13.6. The molecule has 45 heavy (non-hydrogen) atoms. The number of hydrogen-bond acceptors (Lipinski definition) is 3. The van der Waals surface area contributed by atoms with Gasteiger partial charge in [-0.1, -0.05) is 80.6 Å². The monoisotopic (exact) mass is 775 g/mol. The largest absolute Gasteiger partial charge is 0.512 e. The van der Waals surface area contributed by atoms with Crippen LogP contribution in [-0.4, -0.2) is 10.9 Å². The molecule has 0 unspecified atom stereocenters. The number of allylic oxidation sites excluding steroid dienone is 2. The Morgan fingerprint density at radius 2 is 1.69 bits per heavy atom. The van der Waals surface area contributed by atoms with Crippen molar-refractivity contribution < 1.29 is 39.0 Å². The van der Waals surface area contributed by atoms with Gasteiger partial charge in [0.05, 0.1) is 11.3 Å². The molecule has 2 heterocycles. The molecule has 1 fully saturated rings. The summed E-state index contributed by atoms with van der Waals surface area (Å²) in [4.78, 5) is 10.0. The summed E-state index contributed by atoms with van der Waals surface area (Å²) >= 11 is 0. The smallest absolute Gasteiger partial charge is 0.155 e. The first-order valence-electron chi connectivity index (χ1n) is 15.7. The molecule has 0 amide bonds. The summed E-state index contributed by atoms with van der Waals surface area (Å²) in [5.41, 5.74) is 7.78. The van der Waals surface area contributed by atoms with E-state index in [-0.39, 0.29) is 31.6 Å². The summed E-state index contributed by atoms with van der Waals surface area (Å²) in [7, 11) is 4.61. The van der Waals surface area contributed by atoms with Crippen LogP contribution in [0.2, 0.25) is 0 Å². The molecular weight excluding hydrogens is 735 g/mol. The third kappa shape index (κ3) is 6.57. The first kappa shape index (κ1) is 32.5. The van der Waals surface area contributed by atoms with Gasteiger partial charge in [0.2, 0.25) is 0 Å². The van der Waals surface area contributed by atoms with Crippen LogP contribution in [0.1, 0.15) is 70.4 Å². The summed E-state index contributed by atoms with van der Waals surface area (Å²) in [6, 6.07) is 30.1. The van der Waals surface area contributed by atoms with Gasteiger partial charge in [0.15, 0.2) is 5.78 Å². The van der Waals surface area contributed by atoms with E-state index in [4.69, 9.17) is 9.52 Å². The van der Waals surface area contributed by atoms with Gasteiger partial charge in [-0.2, -0.15) is 0 Å². The van der Waals surface area contributed by atoms with Crippen molar-refractivity contribution >= 4 is 49.4 Å². The summed E-state index contributed by atoms with van der Waals surface area (Å²) in [6.07, 6.45) is 7.24. The fraction of sp³-hybridized carbons (Fsp3) is 0.275. The molecule has 0 saturated heterocycles. The number of benzene rings is 4. The molecule has 6 aromatic rings. The molecule has 7 rings (SSSR count). The number of para-hydroxylation sites is 1. The third-order valence-corrected chi connectivity index (χ3v) is 8.63. The van der Waals surface area contributed by atoms with Crippen molar-refractivity contribution in [2.75, 3.05) is 0 Å². The van der Waals surface area contributed by atoms with E-state index < -0.39 is 0 Å². The Morgan fingerprint density at radius 3 is 2.36 bits per heavy atom. The van der Waals surface area contributed by atoms with Gasteiger partial charge >= 0.3 is 0 Å². The van der Waals surface area contributed by atoms with Gasteiger partial charge in [0, 0.05) is 44.0 Å². The van der Waals surface area contributed by atoms with Crippen molar-refractivity contribution in [1.29, 1.82) is 0 Å². The third-order valence-electron chi connectivity index (χ3n) is 8.63. The number of aliphatic hydroxyl groups is 1. The minimum Gasteiger partial charge on any atom is -0.512 e. The number of rotatable bonds is 5. The number of aromatic nitrogens is 1. The minimum absolute atomic E-state index is 0. The van der Waals surface area contributed by atoms with Gasteiger partial charge in [0.25, 0.3) is 0 Å². The average molecular weight is 775 g/mol. The minimum atomic E-state index is -0.125. The van der Waals surface area contributed by atoms with E-state index >= 15 is 0 Å². The van der Waals surface area contributed by atoms with Crippen LogP contribution in [0.4, 0.5) is 0 Å². The molecule has 0 bridgehead atoms. The Hall–Kier alpha value is -3.92. The zero-order valence-corrected chi connectivity index (χ0v) is 28.8.